The monoisotopic (exact) mass is 909 g/mol. The lowest BCUT2D eigenvalue weighted by Gasteiger charge is -2.33. The predicted molar refractivity (Wildman–Crippen MR) is 295 cm³/mol. The van der Waals surface area contributed by atoms with Gasteiger partial charge in [0.25, 0.3) is 0 Å². The van der Waals surface area contributed by atoms with Gasteiger partial charge in [0.15, 0.2) is 0 Å². The second-order valence-corrected chi connectivity index (χ2v) is 19.4. The summed E-state index contributed by atoms with van der Waals surface area (Å²) in [6.07, 6.45) is 0. The van der Waals surface area contributed by atoms with E-state index in [9.17, 15) is 0 Å². The first-order valence-corrected chi connectivity index (χ1v) is 24.8. The topological polar surface area (TPSA) is 16.4 Å². The van der Waals surface area contributed by atoms with Crippen LogP contribution in [0.25, 0.3) is 86.6 Å². The molecule has 328 valence electrons. The minimum atomic E-state index is -0.426. The van der Waals surface area contributed by atoms with Gasteiger partial charge in [-0.15, -0.1) is 11.3 Å². The summed E-state index contributed by atoms with van der Waals surface area (Å²) in [6, 6.07) is 95.4. The molecule has 14 rings (SSSR count). The minimum absolute atomic E-state index is 0.426. The maximum absolute atomic E-state index is 6.48. The van der Waals surface area contributed by atoms with Crippen LogP contribution in [-0.4, -0.2) is 0 Å². The van der Waals surface area contributed by atoms with Gasteiger partial charge in [-0.3, -0.25) is 0 Å². The van der Waals surface area contributed by atoms with Crippen LogP contribution >= 0.6 is 11.3 Å². The molecule has 2 aromatic heterocycles. The van der Waals surface area contributed by atoms with Crippen LogP contribution in [0.15, 0.2) is 265 Å². The van der Waals surface area contributed by atoms with Gasteiger partial charge in [0, 0.05) is 53.6 Å². The number of nitrogens with zero attached hydrogens (tertiary/aromatic N) is 1. The number of anilines is 3. The molecular weight excluding hydrogens is 867 g/mol. The number of hydrogen-bond acceptors (Lipinski definition) is 3. The van der Waals surface area contributed by atoms with Crippen molar-refractivity contribution < 1.29 is 4.42 Å². The molecule has 0 saturated carbocycles. The Kier molecular flexibility index (Phi) is 9.33. The van der Waals surface area contributed by atoms with Crippen molar-refractivity contribution in [3.05, 3.63) is 283 Å². The summed E-state index contributed by atoms with van der Waals surface area (Å²) in [7, 11) is 0. The Morgan fingerprint density at radius 2 is 0.829 bits per heavy atom. The van der Waals surface area contributed by atoms with E-state index < -0.39 is 5.41 Å². The van der Waals surface area contributed by atoms with Crippen molar-refractivity contribution in [3.63, 3.8) is 0 Å². The Hall–Kier alpha value is -8.76. The Morgan fingerprint density at radius 3 is 1.54 bits per heavy atom. The Bertz CT molecular complexity index is 4050. The van der Waals surface area contributed by atoms with Gasteiger partial charge >= 0.3 is 0 Å². The summed E-state index contributed by atoms with van der Waals surface area (Å²) in [4.78, 5) is 2.37. The van der Waals surface area contributed by atoms with Crippen LogP contribution in [0.1, 0.15) is 22.3 Å². The van der Waals surface area contributed by atoms with Gasteiger partial charge in [-0.05, 0) is 122 Å². The smallest absolute Gasteiger partial charge is 0.143 e. The third-order valence-corrected chi connectivity index (χ3v) is 15.7. The summed E-state index contributed by atoms with van der Waals surface area (Å²) in [5.41, 5.74) is 19.3. The van der Waals surface area contributed by atoms with Crippen LogP contribution in [0, 0.1) is 0 Å². The number of para-hydroxylation sites is 2. The number of rotatable bonds is 8. The molecule has 2 heterocycles. The van der Waals surface area contributed by atoms with E-state index in [1.807, 2.05) is 23.5 Å². The molecule has 13 aromatic rings. The molecule has 0 atom stereocenters. The molecule has 0 unspecified atom stereocenters. The molecule has 1 aliphatic rings. The van der Waals surface area contributed by atoms with Gasteiger partial charge in [-0.2, -0.15) is 0 Å². The van der Waals surface area contributed by atoms with E-state index in [4.69, 9.17) is 4.42 Å². The van der Waals surface area contributed by atoms with Gasteiger partial charge in [-0.1, -0.05) is 200 Å². The minimum Gasteiger partial charge on any atom is -0.455 e. The van der Waals surface area contributed by atoms with Crippen LogP contribution in [0.3, 0.4) is 0 Å². The van der Waals surface area contributed by atoms with Crippen molar-refractivity contribution in [3.8, 4) is 44.5 Å². The van der Waals surface area contributed by atoms with E-state index in [0.29, 0.717) is 0 Å². The van der Waals surface area contributed by atoms with Gasteiger partial charge in [0.1, 0.15) is 11.2 Å². The number of hydrogen-bond donors (Lipinski definition) is 0. The highest BCUT2D eigenvalue weighted by Gasteiger charge is 2.46. The molecule has 2 nitrogen and oxygen atoms in total. The number of furan rings is 1. The van der Waals surface area contributed by atoms with Crippen molar-refractivity contribution in [2.75, 3.05) is 4.90 Å². The zero-order valence-corrected chi connectivity index (χ0v) is 38.9. The first-order chi connectivity index (χ1) is 34.7. The third-order valence-electron chi connectivity index (χ3n) is 14.6. The van der Waals surface area contributed by atoms with Gasteiger partial charge in [0.05, 0.1) is 5.41 Å². The van der Waals surface area contributed by atoms with E-state index >= 15 is 0 Å². The standard InChI is InChI=1S/C67H43NOS/c1-3-15-48(16-4-1)67(49-17-5-2-6-18-49)60-25-10-7-19-55(60)59-43-47(35-42-61(59)67)44-29-36-50(37-30-44)68(51-38-31-45(32-39-51)53-22-14-28-64-65(53)58-21-9-12-27-63(58)70-64)52-40-33-46(34-41-52)54-23-13-24-57-56-20-8-11-26-62(56)69-66(54)57/h1-43H. The van der Waals surface area contributed by atoms with E-state index in [1.165, 1.54) is 75.8 Å². The van der Waals surface area contributed by atoms with Crippen molar-refractivity contribution >= 4 is 70.5 Å². The van der Waals surface area contributed by atoms with E-state index in [2.05, 4.69) is 254 Å². The third kappa shape index (κ3) is 6.25. The van der Waals surface area contributed by atoms with Crippen LogP contribution in [0.4, 0.5) is 17.1 Å². The van der Waals surface area contributed by atoms with Crippen LogP contribution < -0.4 is 4.90 Å². The molecule has 11 aromatic carbocycles. The number of thiophene rings is 1. The lowest BCUT2D eigenvalue weighted by molar-refractivity contribution is 0.670. The highest BCUT2D eigenvalue weighted by Crippen LogP contribution is 2.57. The molecular formula is C67H43NOS. The SMILES string of the molecule is c1ccc(C2(c3ccccc3)c3ccccc3-c3cc(-c4ccc(N(c5ccc(-c6cccc7c6oc6ccccc67)cc5)c5ccc(-c6cccc7sc8ccccc8c67)cc5)cc4)ccc32)cc1. The fourth-order valence-electron chi connectivity index (χ4n) is 11.4. The molecule has 0 saturated heterocycles. The van der Waals surface area contributed by atoms with Crippen molar-refractivity contribution in [2.24, 2.45) is 0 Å². The second kappa shape index (κ2) is 16.2. The zero-order valence-electron chi connectivity index (χ0n) is 38.1. The quantitative estimate of drug-likeness (QED) is 0.151. The summed E-state index contributed by atoms with van der Waals surface area (Å²) >= 11 is 1.86. The Labute approximate surface area is 410 Å². The zero-order chi connectivity index (χ0) is 46.2. The summed E-state index contributed by atoms with van der Waals surface area (Å²) in [5, 5.41) is 4.89. The lowest BCUT2D eigenvalue weighted by Crippen LogP contribution is -2.28. The molecule has 3 heteroatoms. The van der Waals surface area contributed by atoms with Crippen LogP contribution in [-0.2, 0) is 5.41 Å². The largest absolute Gasteiger partial charge is 0.455 e. The van der Waals surface area contributed by atoms with E-state index in [1.54, 1.807) is 0 Å². The molecule has 0 aliphatic heterocycles. The fourth-order valence-corrected chi connectivity index (χ4v) is 12.6. The van der Waals surface area contributed by atoms with Crippen LogP contribution in [0.2, 0.25) is 0 Å². The molecule has 1 aliphatic carbocycles. The molecule has 0 radical (unpaired) electrons. The second-order valence-electron chi connectivity index (χ2n) is 18.3. The van der Waals surface area contributed by atoms with Crippen molar-refractivity contribution in [2.45, 2.75) is 5.41 Å². The predicted octanol–water partition coefficient (Wildman–Crippen LogP) is 18.8. The first-order valence-electron chi connectivity index (χ1n) is 24.0. The lowest BCUT2D eigenvalue weighted by atomic mass is 9.67. The molecule has 0 bridgehead atoms. The molecule has 70 heavy (non-hydrogen) atoms. The van der Waals surface area contributed by atoms with Gasteiger partial charge < -0.3 is 9.32 Å². The van der Waals surface area contributed by atoms with Crippen LogP contribution in [0.5, 0.6) is 0 Å². The molecule has 0 amide bonds. The van der Waals surface area contributed by atoms with E-state index in [-0.39, 0.29) is 0 Å². The van der Waals surface area contributed by atoms with Crippen molar-refractivity contribution in [1.82, 2.24) is 0 Å². The average molecular weight is 910 g/mol. The summed E-state index contributed by atoms with van der Waals surface area (Å²) < 4.78 is 9.10. The highest BCUT2D eigenvalue weighted by atomic mass is 32.1. The van der Waals surface area contributed by atoms with Gasteiger partial charge in [-0.25, -0.2) is 0 Å². The Morgan fingerprint density at radius 1 is 0.329 bits per heavy atom. The fraction of sp³-hybridized carbons (Fsp3) is 0.0149. The summed E-state index contributed by atoms with van der Waals surface area (Å²) in [5.74, 6) is 0. The average Bonchev–Trinajstić information content (AvgIpc) is 4.11. The normalized spacial score (nSPS) is 12.7. The van der Waals surface area contributed by atoms with Gasteiger partial charge in [0.2, 0.25) is 0 Å². The number of benzene rings is 11. The number of fused-ring (bicyclic) bond motifs is 9. The molecule has 0 spiro atoms. The summed E-state index contributed by atoms with van der Waals surface area (Å²) in [6.45, 7) is 0. The molecule has 0 fully saturated rings. The van der Waals surface area contributed by atoms with E-state index in [0.717, 1.165) is 50.1 Å². The molecule has 0 N–H and O–H groups in total. The maximum Gasteiger partial charge on any atom is 0.143 e. The Balaban J connectivity index is 0.867. The van der Waals surface area contributed by atoms with Crippen molar-refractivity contribution in [1.29, 1.82) is 0 Å². The highest BCUT2D eigenvalue weighted by molar-refractivity contribution is 7.25. The maximum atomic E-state index is 6.48. The first kappa shape index (κ1) is 40.3.